The lowest BCUT2D eigenvalue weighted by Gasteiger charge is -2.15. The molecule has 0 radical (unpaired) electrons. The predicted molar refractivity (Wildman–Crippen MR) is 64.6 cm³/mol. The molecule has 0 aliphatic carbocycles. The second-order valence-electron chi connectivity index (χ2n) is 3.62. The first-order valence-electron chi connectivity index (χ1n) is 4.88. The topological polar surface area (TPSA) is 46.3 Å². The molecule has 0 unspecified atom stereocenters. The van der Waals surface area contributed by atoms with Gasteiger partial charge < -0.3 is 10.6 Å². The molecule has 0 spiro atoms. The van der Waals surface area contributed by atoms with Crippen molar-refractivity contribution in [3.8, 4) is 0 Å². The van der Waals surface area contributed by atoms with Crippen LogP contribution in [0.1, 0.15) is 16.1 Å². The highest BCUT2D eigenvalue weighted by molar-refractivity contribution is 7.98. The maximum Gasteiger partial charge on any atom is 0.265 e. The summed E-state index contributed by atoms with van der Waals surface area (Å²) in [5.74, 6) is 0.141. The highest BCUT2D eigenvalue weighted by Crippen LogP contribution is 2.27. The number of likely N-dealkylation sites (tertiary alicyclic amines) is 1. The number of amides is 1. The van der Waals surface area contributed by atoms with E-state index in [-0.39, 0.29) is 11.9 Å². The van der Waals surface area contributed by atoms with E-state index in [1.54, 1.807) is 11.8 Å². The van der Waals surface area contributed by atoms with Crippen molar-refractivity contribution in [2.24, 2.45) is 5.73 Å². The first kappa shape index (κ1) is 11.0. The third-order valence-corrected chi connectivity index (χ3v) is 4.37. The molecule has 1 aromatic heterocycles. The second kappa shape index (κ2) is 4.55. The molecule has 2 N–H and O–H groups in total. The van der Waals surface area contributed by atoms with Crippen LogP contribution < -0.4 is 5.73 Å². The number of rotatable bonds is 2. The zero-order valence-electron chi connectivity index (χ0n) is 8.60. The van der Waals surface area contributed by atoms with Gasteiger partial charge in [-0.3, -0.25) is 4.79 Å². The summed E-state index contributed by atoms with van der Waals surface area (Å²) in [5.41, 5.74) is 5.79. The van der Waals surface area contributed by atoms with Gasteiger partial charge in [0, 0.05) is 24.0 Å². The van der Waals surface area contributed by atoms with Gasteiger partial charge in [-0.2, -0.15) is 0 Å². The number of hydrogen-bond donors (Lipinski definition) is 1. The molecule has 3 nitrogen and oxygen atoms in total. The van der Waals surface area contributed by atoms with Crippen molar-refractivity contribution in [1.82, 2.24) is 4.90 Å². The number of nitrogens with zero attached hydrogens (tertiary/aromatic N) is 1. The third-order valence-electron chi connectivity index (χ3n) is 2.56. The Hall–Kier alpha value is -0.520. The van der Waals surface area contributed by atoms with Crippen molar-refractivity contribution >= 4 is 29.0 Å². The molecular weight excluding hydrogens is 228 g/mol. The van der Waals surface area contributed by atoms with Crippen LogP contribution in [0.15, 0.2) is 16.3 Å². The Bertz CT molecular complexity index is 364. The van der Waals surface area contributed by atoms with Crippen LogP contribution in [-0.4, -0.2) is 36.2 Å². The van der Waals surface area contributed by atoms with Crippen LogP contribution in [-0.2, 0) is 0 Å². The molecule has 1 atom stereocenters. The zero-order valence-corrected chi connectivity index (χ0v) is 10.2. The molecule has 0 bridgehead atoms. The van der Waals surface area contributed by atoms with E-state index in [1.165, 1.54) is 11.3 Å². The first-order chi connectivity index (χ1) is 7.22. The molecule has 1 amide bonds. The molecule has 5 heteroatoms. The smallest absolute Gasteiger partial charge is 0.265 e. The van der Waals surface area contributed by atoms with E-state index in [4.69, 9.17) is 5.73 Å². The maximum absolute atomic E-state index is 12.1. The molecule has 15 heavy (non-hydrogen) atoms. The van der Waals surface area contributed by atoms with Gasteiger partial charge in [-0.25, -0.2) is 0 Å². The van der Waals surface area contributed by atoms with Gasteiger partial charge in [-0.05, 0) is 24.1 Å². The molecule has 0 aromatic carbocycles. The Labute approximate surface area is 97.6 Å². The van der Waals surface area contributed by atoms with Crippen LogP contribution in [0.5, 0.6) is 0 Å². The Morgan fingerprint density at radius 3 is 3.13 bits per heavy atom. The van der Waals surface area contributed by atoms with Crippen molar-refractivity contribution in [3.05, 3.63) is 16.3 Å². The summed E-state index contributed by atoms with van der Waals surface area (Å²) >= 11 is 3.14. The molecule has 1 aliphatic heterocycles. The van der Waals surface area contributed by atoms with E-state index >= 15 is 0 Å². The minimum absolute atomic E-state index is 0.141. The minimum atomic E-state index is 0.141. The van der Waals surface area contributed by atoms with Crippen LogP contribution in [0.3, 0.4) is 0 Å². The SMILES string of the molecule is CSc1ccsc1C(=O)N1CC[C@@H](N)C1. The monoisotopic (exact) mass is 242 g/mol. The molecular formula is C10H14N2OS2. The van der Waals surface area contributed by atoms with Gasteiger partial charge in [0.05, 0.1) is 0 Å². The van der Waals surface area contributed by atoms with Gasteiger partial charge in [-0.1, -0.05) is 0 Å². The lowest BCUT2D eigenvalue weighted by molar-refractivity contribution is 0.0792. The average Bonchev–Trinajstić information content (AvgIpc) is 2.84. The molecule has 2 heterocycles. The fourth-order valence-corrected chi connectivity index (χ4v) is 3.44. The van der Waals surface area contributed by atoms with Gasteiger partial charge in [-0.15, -0.1) is 23.1 Å². The molecule has 82 valence electrons. The van der Waals surface area contributed by atoms with E-state index < -0.39 is 0 Å². The normalized spacial score (nSPS) is 20.9. The van der Waals surface area contributed by atoms with Crippen molar-refractivity contribution in [2.75, 3.05) is 19.3 Å². The fourth-order valence-electron chi connectivity index (χ4n) is 1.73. The lowest BCUT2D eigenvalue weighted by atomic mass is 10.3. The summed E-state index contributed by atoms with van der Waals surface area (Å²) in [5, 5.41) is 1.97. The average molecular weight is 242 g/mol. The Kier molecular flexibility index (Phi) is 3.33. The predicted octanol–water partition coefficient (Wildman–Crippen LogP) is 1.64. The summed E-state index contributed by atoms with van der Waals surface area (Å²) in [6.45, 7) is 1.50. The first-order valence-corrected chi connectivity index (χ1v) is 6.99. The van der Waals surface area contributed by atoms with Crippen LogP contribution in [0, 0.1) is 0 Å². The van der Waals surface area contributed by atoms with Crippen LogP contribution in [0.2, 0.25) is 0 Å². The number of hydrogen-bond acceptors (Lipinski definition) is 4. The Balaban J connectivity index is 2.14. The summed E-state index contributed by atoms with van der Waals surface area (Å²) in [4.78, 5) is 15.9. The summed E-state index contributed by atoms with van der Waals surface area (Å²) in [7, 11) is 0. The highest BCUT2D eigenvalue weighted by Gasteiger charge is 2.26. The summed E-state index contributed by atoms with van der Waals surface area (Å²) in [6.07, 6.45) is 2.92. The van der Waals surface area contributed by atoms with Crippen molar-refractivity contribution < 1.29 is 4.79 Å². The molecule has 1 aromatic rings. The van der Waals surface area contributed by atoms with Crippen molar-refractivity contribution in [3.63, 3.8) is 0 Å². The Morgan fingerprint density at radius 2 is 2.53 bits per heavy atom. The van der Waals surface area contributed by atoms with Crippen molar-refractivity contribution in [1.29, 1.82) is 0 Å². The number of carbonyl (C=O) groups is 1. The number of thiophene rings is 1. The zero-order chi connectivity index (χ0) is 10.8. The van der Waals surface area contributed by atoms with E-state index in [0.717, 1.165) is 22.7 Å². The van der Waals surface area contributed by atoms with E-state index in [0.29, 0.717) is 6.54 Å². The Morgan fingerprint density at radius 1 is 1.73 bits per heavy atom. The van der Waals surface area contributed by atoms with Gasteiger partial charge in [0.2, 0.25) is 0 Å². The van der Waals surface area contributed by atoms with E-state index in [1.807, 2.05) is 22.6 Å². The van der Waals surface area contributed by atoms with Crippen molar-refractivity contribution in [2.45, 2.75) is 17.4 Å². The van der Waals surface area contributed by atoms with Gasteiger partial charge in [0.25, 0.3) is 5.91 Å². The summed E-state index contributed by atoms with van der Waals surface area (Å²) < 4.78 is 0. The molecule has 1 aliphatic rings. The maximum atomic E-state index is 12.1. The lowest BCUT2D eigenvalue weighted by Crippen LogP contribution is -2.31. The summed E-state index contributed by atoms with van der Waals surface area (Å²) in [6, 6.07) is 2.16. The van der Waals surface area contributed by atoms with E-state index in [2.05, 4.69) is 0 Å². The van der Waals surface area contributed by atoms with E-state index in [9.17, 15) is 4.79 Å². The minimum Gasteiger partial charge on any atom is -0.336 e. The second-order valence-corrected chi connectivity index (χ2v) is 5.38. The highest BCUT2D eigenvalue weighted by atomic mass is 32.2. The molecule has 2 rings (SSSR count). The van der Waals surface area contributed by atoms with Gasteiger partial charge >= 0.3 is 0 Å². The molecule has 1 fully saturated rings. The number of thioether (sulfide) groups is 1. The van der Waals surface area contributed by atoms with Crippen LogP contribution >= 0.6 is 23.1 Å². The standard InChI is InChI=1S/C10H14N2OS2/c1-14-8-3-5-15-9(8)10(13)12-4-2-7(11)6-12/h3,5,7H,2,4,6,11H2,1H3/t7-/m1/s1. The largest absolute Gasteiger partial charge is 0.336 e. The quantitative estimate of drug-likeness (QED) is 0.802. The number of carbonyl (C=O) groups excluding carboxylic acids is 1. The van der Waals surface area contributed by atoms with Gasteiger partial charge in [0.15, 0.2) is 0 Å². The van der Waals surface area contributed by atoms with Crippen LogP contribution in [0.4, 0.5) is 0 Å². The fraction of sp³-hybridized carbons (Fsp3) is 0.500. The number of nitrogens with two attached hydrogens (primary N) is 1. The molecule has 0 saturated carbocycles. The third kappa shape index (κ3) is 2.19. The molecule has 1 saturated heterocycles. The van der Waals surface area contributed by atoms with Crippen LogP contribution in [0.25, 0.3) is 0 Å². The van der Waals surface area contributed by atoms with Gasteiger partial charge in [0.1, 0.15) is 4.88 Å².